The highest BCUT2D eigenvalue weighted by molar-refractivity contribution is 9.10. The van der Waals surface area contributed by atoms with Gasteiger partial charge in [0.1, 0.15) is 0 Å². The summed E-state index contributed by atoms with van der Waals surface area (Å²) in [7, 11) is 0. The van der Waals surface area contributed by atoms with Crippen LogP contribution >= 0.6 is 27.3 Å². The molecule has 0 aromatic carbocycles. The zero-order chi connectivity index (χ0) is 11.7. The highest BCUT2D eigenvalue weighted by Gasteiger charge is 2.08. The Hall–Kier alpha value is -1.01. The Morgan fingerprint density at radius 3 is 2.75 bits per heavy atom. The predicted molar refractivity (Wildman–Crippen MR) is 66.8 cm³/mol. The summed E-state index contributed by atoms with van der Waals surface area (Å²) in [6.07, 6.45) is 1.54. The average molecular weight is 302 g/mol. The van der Waals surface area contributed by atoms with Gasteiger partial charge in [-0.3, -0.25) is 0 Å². The third-order valence-electron chi connectivity index (χ3n) is 2.06. The van der Waals surface area contributed by atoms with E-state index >= 15 is 0 Å². The quantitative estimate of drug-likeness (QED) is 0.917. The van der Waals surface area contributed by atoms with E-state index in [2.05, 4.69) is 31.2 Å². The van der Waals surface area contributed by atoms with Crippen molar-refractivity contribution in [1.82, 2.24) is 9.97 Å². The zero-order valence-corrected chi connectivity index (χ0v) is 11.1. The number of nitrogens with zero attached hydrogens (tertiary/aromatic N) is 2. The molecule has 0 saturated carbocycles. The van der Waals surface area contributed by atoms with Gasteiger partial charge in [-0.05, 0) is 35.8 Å². The minimum absolute atomic E-state index is 0.192. The van der Waals surface area contributed by atoms with Gasteiger partial charge in [-0.2, -0.15) is 0 Å². The third kappa shape index (κ3) is 2.38. The fourth-order valence-electron chi connectivity index (χ4n) is 1.13. The summed E-state index contributed by atoms with van der Waals surface area (Å²) >= 11 is 4.64. The molecule has 0 aliphatic carbocycles. The summed E-state index contributed by atoms with van der Waals surface area (Å²) in [5.74, 6) is -0.211. The highest BCUT2D eigenvalue weighted by Crippen LogP contribution is 2.25. The van der Waals surface area contributed by atoms with Crippen LogP contribution in [0.2, 0.25) is 0 Å². The number of aromatic nitrogens is 2. The van der Waals surface area contributed by atoms with E-state index in [0.29, 0.717) is 9.60 Å². The molecule has 0 bridgehead atoms. The minimum atomic E-state index is -0.403. The maximum Gasteiger partial charge on any atom is 0.188 e. The van der Waals surface area contributed by atoms with Crippen molar-refractivity contribution >= 4 is 38.2 Å². The second kappa shape index (κ2) is 4.47. The van der Waals surface area contributed by atoms with Gasteiger partial charge in [0.15, 0.2) is 16.8 Å². The molecular formula is C10H9BrFN3S. The lowest BCUT2D eigenvalue weighted by Gasteiger charge is -2.02. The number of hydrogen-bond donors (Lipinski definition) is 1. The summed E-state index contributed by atoms with van der Waals surface area (Å²) in [4.78, 5) is 9.31. The molecule has 84 valence electrons. The summed E-state index contributed by atoms with van der Waals surface area (Å²) < 4.78 is 14.1. The standard InChI is InChI=1S/C10H9BrFN3S/c1-5-6(2)16-10(14-5)15-9-8(12)3-7(11)4-13-9/h3-4H,1-2H3,(H,13,14,15). The lowest BCUT2D eigenvalue weighted by Crippen LogP contribution is -1.96. The molecule has 16 heavy (non-hydrogen) atoms. The minimum Gasteiger partial charge on any atom is -0.314 e. The Labute approximate surface area is 105 Å². The van der Waals surface area contributed by atoms with E-state index in [4.69, 9.17) is 0 Å². The Bertz CT molecular complexity index is 507. The number of pyridine rings is 1. The molecule has 6 heteroatoms. The summed E-state index contributed by atoms with van der Waals surface area (Å²) in [6, 6.07) is 1.36. The molecular weight excluding hydrogens is 293 g/mol. The van der Waals surface area contributed by atoms with Crippen LogP contribution in [0.4, 0.5) is 15.3 Å². The fraction of sp³-hybridized carbons (Fsp3) is 0.200. The number of thiazole rings is 1. The molecule has 0 amide bonds. The molecule has 0 saturated heterocycles. The smallest absolute Gasteiger partial charge is 0.188 e. The molecule has 0 unspecified atom stereocenters. The van der Waals surface area contributed by atoms with Crippen molar-refractivity contribution in [1.29, 1.82) is 0 Å². The lowest BCUT2D eigenvalue weighted by molar-refractivity contribution is 0.625. The van der Waals surface area contributed by atoms with Gasteiger partial charge in [0.2, 0.25) is 0 Å². The van der Waals surface area contributed by atoms with Crippen LogP contribution in [0.25, 0.3) is 0 Å². The maximum atomic E-state index is 13.5. The number of aryl methyl sites for hydroxylation is 2. The van der Waals surface area contributed by atoms with Crippen molar-refractivity contribution in [3.8, 4) is 0 Å². The first-order valence-electron chi connectivity index (χ1n) is 4.58. The number of anilines is 2. The molecule has 0 atom stereocenters. The van der Waals surface area contributed by atoms with Crippen molar-refractivity contribution in [3.63, 3.8) is 0 Å². The van der Waals surface area contributed by atoms with E-state index in [9.17, 15) is 4.39 Å². The molecule has 0 fully saturated rings. The van der Waals surface area contributed by atoms with Crippen molar-refractivity contribution in [2.75, 3.05) is 5.32 Å². The van der Waals surface area contributed by atoms with Gasteiger partial charge in [0.25, 0.3) is 0 Å². The van der Waals surface area contributed by atoms with Gasteiger partial charge in [0, 0.05) is 15.5 Å². The van der Waals surface area contributed by atoms with Crippen LogP contribution in [0.1, 0.15) is 10.6 Å². The van der Waals surface area contributed by atoms with Crippen molar-refractivity contribution in [2.24, 2.45) is 0 Å². The van der Waals surface area contributed by atoms with E-state index in [0.717, 1.165) is 10.6 Å². The average Bonchev–Trinajstić information content (AvgIpc) is 2.51. The van der Waals surface area contributed by atoms with Gasteiger partial charge in [0.05, 0.1) is 5.69 Å². The van der Waals surface area contributed by atoms with Crippen LogP contribution in [-0.2, 0) is 0 Å². The fourth-order valence-corrected chi connectivity index (χ4v) is 2.25. The SMILES string of the molecule is Cc1nc(Nc2ncc(Br)cc2F)sc1C. The third-order valence-corrected chi connectivity index (χ3v) is 3.48. The van der Waals surface area contributed by atoms with Gasteiger partial charge >= 0.3 is 0 Å². The van der Waals surface area contributed by atoms with E-state index in [1.54, 1.807) is 6.20 Å². The molecule has 2 rings (SSSR count). The molecule has 0 aliphatic rings. The van der Waals surface area contributed by atoms with Gasteiger partial charge in [-0.25, -0.2) is 14.4 Å². The molecule has 2 aromatic heterocycles. The van der Waals surface area contributed by atoms with Crippen LogP contribution in [0, 0.1) is 19.7 Å². The number of halogens is 2. The Morgan fingerprint density at radius 2 is 2.19 bits per heavy atom. The van der Waals surface area contributed by atoms with Crippen LogP contribution < -0.4 is 5.32 Å². The first-order valence-corrected chi connectivity index (χ1v) is 6.19. The van der Waals surface area contributed by atoms with E-state index in [-0.39, 0.29) is 5.82 Å². The van der Waals surface area contributed by atoms with E-state index < -0.39 is 5.82 Å². The summed E-state index contributed by atoms with van der Waals surface area (Å²) in [6.45, 7) is 3.89. The first kappa shape index (κ1) is 11.5. The normalized spacial score (nSPS) is 10.5. The number of rotatable bonds is 2. The monoisotopic (exact) mass is 301 g/mol. The highest BCUT2D eigenvalue weighted by atomic mass is 79.9. The summed E-state index contributed by atoms with van der Waals surface area (Å²) in [5.41, 5.74) is 0.949. The van der Waals surface area contributed by atoms with Crippen LogP contribution in [0.3, 0.4) is 0 Å². The van der Waals surface area contributed by atoms with Crippen molar-refractivity contribution in [2.45, 2.75) is 13.8 Å². The van der Waals surface area contributed by atoms with Gasteiger partial charge in [-0.1, -0.05) is 0 Å². The largest absolute Gasteiger partial charge is 0.314 e. The van der Waals surface area contributed by atoms with Crippen molar-refractivity contribution < 1.29 is 4.39 Å². The van der Waals surface area contributed by atoms with Gasteiger partial charge in [-0.15, -0.1) is 11.3 Å². The van der Waals surface area contributed by atoms with Crippen LogP contribution in [-0.4, -0.2) is 9.97 Å². The molecule has 0 aliphatic heterocycles. The maximum absolute atomic E-state index is 13.5. The van der Waals surface area contributed by atoms with Crippen LogP contribution in [0.15, 0.2) is 16.7 Å². The topological polar surface area (TPSA) is 37.8 Å². The first-order chi connectivity index (χ1) is 7.56. The number of hydrogen-bond acceptors (Lipinski definition) is 4. The molecule has 0 spiro atoms. The van der Waals surface area contributed by atoms with E-state index in [1.807, 2.05) is 13.8 Å². The zero-order valence-electron chi connectivity index (χ0n) is 8.71. The summed E-state index contributed by atoms with van der Waals surface area (Å²) in [5, 5.41) is 3.52. The lowest BCUT2D eigenvalue weighted by atomic mass is 10.4. The number of nitrogens with one attached hydrogen (secondary N) is 1. The molecule has 3 nitrogen and oxygen atoms in total. The second-order valence-corrected chi connectivity index (χ2v) is 5.39. The Kier molecular flexibility index (Phi) is 3.20. The second-order valence-electron chi connectivity index (χ2n) is 3.27. The van der Waals surface area contributed by atoms with Gasteiger partial charge < -0.3 is 5.32 Å². The molecule has 2 heterocycles. The Morgan fingerprint density at radius 1 is 1.44 bits per heavy atom. The van der Waals surface area contributed by atoms with Crippen LogP contribution in [0.5, 0.6) is 0 Å². The predicted octanol–water partition coefficient (Wildman–Crippen LogP) is 3.80. The van der Waals surface area contributed by atoms with E-state index in [1.165, 1.54) is 17.4 Å². The molecule has 2 aromatic rings. The molecule has 0 radical (unpaired) electrons. The van der Waals surface area contributed by atoms with Crippen molar-refractivity contribution in [3.05, 3.63) is 33.1 Å². The Balaban J connectivity index is 2.27. The molecule has 1 N–H and O–H groups in total.